The van der Waals surface area contributed by atoms with E-state index in [1.165, 1.54) is 0 Å². The van der Waals surface area contributed by atoms with E-state index < -0.39 is 6.10 Å². The van der Waals surface area contributed by atoms with Crippen LogP contribution in [0.3, 0.4) is 0 Å². The number of carbonyl (C=O) groups excluding carboxylic acids is 2. The average molecular weight is 435 g/mol. The Labute approximate surface area is 179 Å². The molecule has 1 aliphatic heterocycles. The Morgan fingerprint density at radius 3 is 2.66 bits per heavy atom. The molecule has 1 saturated heterocycles. The third-order valence-electron chi connectivity index (χ3n) is 4.50. The number of imide groups is 1. The summed E-state index contributed by atoms with van der Waals surface area (Å²) in [7, 11) is 0. The molecule has 6 nitrogen and oxygen atoms in total. The summed E-state index contributed by atoms with van der Waals surface area (Å²) in [5.74, 6) is 0.484. The first-order valence-corrected chi connectivity index (χ1v) is 10.6. The Morgan fingerprint density at radius 2 is 2.00 bits per heavy atom. The van der Waals surface area contributed by atoms with Gasteiger partial charge in [0.05, 0.1) is 11.4 Å². The minimum Gasteiger partial charge on any atom is -0.492 e. The van der Waals surface area contributed by atoms with Gasteiger partial charge in [0.15, 0.2) is 0 Å². The monoisotopic (exact) mass is 434 g/mol. The van der Waals surface area contributed by atoms with Gasteiger partial charge < -0.3 is 15.2 Å². The SMILES string of the molecule is CC(COc1ccc(CC2SC(=O)NC2=O)cc1)NCC(O)c1cccc(Cl)c1. The highest BCUT2D eigenvalue weighted by Gasteiger charge is 2.31. The molecule has 1 aliphatic rings. The van der Waals surface area contributed by atoms with Crippen LogP contribution in [-0.2, 0) is 11.2 Å². The molecule has 2 aromatic carbocycles. The van der Waals surface area contributed by atoms with Gasteiger partial charge in [0.25, 0.3) is 5.24 Å². The first kappa shape index (κ1) is 21.6. The Morgan fingerprint density at radius 1 is 1.24 bits per heavy atom. The highest BCUT2D eigenvalue weighted by molar-refractivity contribution is 8.15. The van der Waals surface area contributed by atoms with Crippen molar-refractivity contribution in [1.29, 1.82) is 0 Å². The number of benzene rings is 2. The fourth-order valence-electron chi connectivity index (χ4n) is 2.89. The van der Waals surface area contributed by atoms with Crippen molar-refractivity contribution in [2.24, 2.45) is 0 Å². The van der Waals surface area contributed by atoms with Crippen LogP contribution in [0.1, 0.15) is 24.2 Å². The normalized spacial score (nSPS) is 18.4. The zero-order valence-corrected chi connectivity index (χ0v) is 17.5. The molecule has 2 aromatic rings. The van der Waals surface area contributed by atoms with Crippen LogP contribution in [0.15, 0.2) is 48.5 Å². The van der Waals surface area contributed by atoms with E-state index in [0.29, 0.717) is 24.6 Å². The molecule has 154 valence electrons. The molecule has 1 heterocycles. The highest BCUT2D eigenvalue weighted by Crippen LogP contribution is 2.24. The quantitative estimate of drug-likeness (QED) is 0.561. The molecular formula is C21H23ClN2O4S. The summed E-state index contributed by atoms with van der Waals surface area (Å²) >= 11 is 6.98. The number of amides is 2. The molecule has 0 radical (unpaired) electrons. The molecular weight excluding hydrogens is 412 g/mol. The molecule has 1 fully saturated rings. The van der Waals surface area contributed by atoms with Gasteiger partial charge in [0.1, 0.15) is 12.4 Å². The van der Waals surface area contributed by atoms with Crippen LogP contribution in [0.5, 0.6) is 5.75 Å². The molecule has 3 atom stereocenters. The highest BCUT2D eigenvalue weighted by atomic mass is 35.5. The summed E-state index contributed by atoms with van der Waals surface area (Å²) in [6.07, 6.45) is -0.144. The van der Waals surface area contributed by atoms with Crippen LogP contribution in [-0.4, -0.2) is 40.7 Å². The summed E-state index contributed by atoms with van der Waals surface area (Å²) in [6, 6.07) is 14.7. The van der Waals surface area contributed by atoms with Crippen molar-refractivity contribution in [2.75, 3.05) is 13.2 Å². The van der Waals surface area contributed by atoms with Crippen molar-refractivity contribution in [2.45, 2.75) is 30.7 Å². The van der Waals surface area contributed by atoms with E-state index in [1.54, 1.807) is 12.1 Å². The van der Waals surface area contributed by atoms with Gasteiger partial charge in [0, 0.05) is 17.6 Å². The summed E-state index contributed by atoms with van der Waals surface area (Å²) in [4.78, 5) is 22.9. The number of halogens is 1. The Balaban J connectivity index is 1.41. The molecule has 2 amide bonds. The molecule has 3 N–H and O–H groups in total. The van der Waals surface area contributed by atoms with Gasteiger partial charge >= 0.3 is 0 Å². The largest absolute Gasteiger partial charge is 0.492 e. The minimum absolute atomic E-state index is 0.0353. The third-order valence-corrected chi connectivity index (χ3v) is 5.72. The summed E-state index contributed by atoms with van der Waals surface area (Å²) < 4.78 is 5.78. The fraction of sp³-hybridized carbons (Fsp3) is 0.333. The van der Waals surface area contributed by atoms with Crippen LogP contribution < -0.4 is 15.4 Å². The second kappa shape index (κ2) is 10.1. The van der Waals surface area contributed by atoms with Crippen molar-refractivity contribution in [3.8, 4) is 5.75 Å². The molecule has 0 aliphatic carbocycles. The van der Waals surface area contributed by atoms with Gasteiger partial charge in [-0.1, -0.05) is 47.6 Å². The van der Waals surface area contributed by atoms with Gasteiger partial charge in [-0.3, -0.25) is 14.9 Å². The zero-order chi connectivity index (χ0) is 20.8. The summed E-state index contributed by atoms with van der Waals surface area (Å²) in [5.41, 5.74) is 1.74. The van der Waals surface area contributed by atoms with E-state index in [9.17, 15) is 14.7 Å². The molecule has 0 saturated carbocycles. The Kier molecular flexibility index (Phi) is 7.55. The molecule has 29 heavy (non-hydrogen) atoms. The van der Waals surface area contributed by atoms with Crippen LogP contribution in [0.25, 0.3) is 0 Å². The smallest absolute Gasteiger partial charge is 0.286 e. The van der Waals surface area contributed by atoms with Crippen molar-refractivity contribution >= 4 is 34.5 Å². The number of thioether (sulfide) groups is 1. The van der Waals surface area contributed by atoms with E-state index >= 15 is 0 Å². The van der Waals surface area contributed by atoms with E-state index in [0.717, 1.165) is 28.6 Å². The van der Waals surface area contributed by atoms with Crippen molar-refractivity contribution in [3.63, 3.8) is 0 Å². The lowest BCUT2D eigenvalue weighted by atomic mass is 10.1. The number of hydrogen-bond donors (Lipinski definition) is 3. The van der Waals surface area contributed by atoms with E-state index in [4.69, 9.17) is 16.3 Å². The predicted molar refractivity (Wildman–Crippen MR) is 114 cm³/mol. The predicted octanol–water partition coefficient (Wildman–Crippen LogP) is 3.32. The van der Waals surface area contributed by atoms with Crippen LogP contribution in [0, 0.1) is 0 Å². The second-order valence-corrected chi connectivity index (χ2v) is 8.53. The number of aliphatic hydroxyl groups is 1. The summed E-state index contributed by atoms with van der Waals surface area (Å²) in [6.45, 7) is 2.81. The van der Waals surface area contributed by atoms with E-state index in [2.05, 4.69) is 10.6 Å². The molecule has 0 bridgehead atoms. The number of ether oxygens (including phenoxy) is 1. The number of carbonyl (C=O) groups is 2. The zero-order valence-electron chi connectivity index (χ0n) is 15.9. The summed E-state index contributed by atoms with van der Waals surface area (Å²) in [5, 5.41) is 15.7. The fourth-order valence-corrected chi connectivity index (χ4v) is 3.95. The van der Waals surface area contributed by atoms with Crippen molar-refractivity contribution in [1.82, 2.24) is 10.6 Å². The number of aliphatic hydroxyl groups excluding tert-OH is 1. The minimum atomic E-state index is -0.645. The first-order valence-electron chi connectivity index (χ1n) is 9.31. The lowest BCUT2D eigenvalue weighted by molar-refractivity contribution is -0.118. The van der Waals surface area contributed by atoms with Gasteiger partial charge in [-0.25, -0.2) is 0 Å². The van der Waals surface area contributed by atoms with Crippen molar-refractivity contribution < 1.29 is 19.4 Å². The Bertz CT molecular complexity index is 862. The maximum atomic E-state index is 11.6. The standard InChI is InChI=1S/C21H23ClN2O4S/c1-13(23-11-18(25)15-3-2-4-16(22)10-15)12-28-17-7-5-14(6-8-17)9-19-20(26)24-21(27)29-19/h2-8,10,13,18-19,23,25H,9,11-12H2,1H3,(H,24,26,27). The lowest BCUT2D eigenvalue weighted by Gasteiger charge is -2.18. The molecule has 3 unspecified atom stereocenters. The first-order chi connectivity index (χ1) is 13.9. The third kappa shape index (κ3) is 6.47. The Hall–Kier alpha value is -2.06. The number of nitrogens with one attached hydrogen (secondary N) is 2. The lowest BCUT2D eigenvalue weighted by Crippen LogP contribution is -2.34. The maximum Gasteiger partial charge on any atom is 0.286 e. The number of rotatable bonds is 9. The second-order valence-electron chi connectivity index (χ2n) is 6.92. The van der Waals surface area contributed by atoms with Crippen LogP contribution in [0.4, 0.5) is 4.79 Å². The van der Waals surface area contributed by atoms with Crippen LogP contribution in [0.2, 0.25) is 5.02 Å². The maximum absolute atomic E-state index is 11.6. The van der Waals surface area contributed by atoms with Gasteiger partial charge in [-0.05, 0) is 48.7 Å². The molecule has 0 aromatic heterocycles. The molecule has 3 rings (SSSR count). The molecule has 0 spiro atoms. The van der Waals surface area contributed by atoms with Gasteiger partial charge in [0.2, 0.25) is 5.91 Å². The topological polar surface area (TPSA) is 87.7 Å². The van der Waals surface area contributed by atoms with E-state index in [1.807, 2.05) is 43.3 Å². The molecule has 8 heteroatoms. The van der Waals surface area contributed by atoms with E-state index in [-0.39, 0.29) is 22.4 Å². The average Bonchev–Trinajstić information content (AvgIpc) is 3.02. The van der Waals surface area contributed by atoms with Gasteiger partial charge in [-0.15, -0.1) is 0 Å². The van der Waals surface area contributed by atoms with Crippen molar-refractivity contribution in [3.05, 3.63) is 64.7 Å². The number of hydrogen-bond acceptors (Lipinski definition) is 6. The van der Waals surface area contributed by atoms with Gasteiger partial charge in [-0.2, -0.15) is 0 Å². The van der Waals surface area contributed by atoms with Crippen LogP contribution >= 0.6 is 23.4 Å².